The van der Waals surface area contributed by atoms with Crippen LogP contribution in [0.25, 0.3) is 0 Å². The van der Waals surface area contributed by atoms with Crippen LogP contribution in [0.3, 0.4) is 0 Å². The maximum Gasteiger partial charge on any atom is 0.325 e. The molecule has 0 aliphatic carbocycles. The first-order chi connectivity index (χ1) is 12.4. The zero-order chi connectivity index (χ0) is 18.9. The molecule has 0 spiro atoms. The van der Waals surface area contributed by atoms with E-state index >= 15 is 0 Å². The number of hydrogen-bond acceptors (Lipinski definition) is 5. The van der Waals surface area contributed by atoms with E-state index < -0.39 is 17.5 Å². The van der Waals surface area contributed by atoms with Crippen LogP contribution in [-0.2, 0) is 16.9 Å². The van der Waals surface area contributed by atoms with Crippen molar-refractivity contribution in [1.82, 2.24) is 10.2 Å². The SMILES string of the molecule is CCOc1ccc(C(C)=O)cc1CN1C(=O)N[C@@](C)(c2ccco2)C1=O. The predicted octanol–water partition coefficient (Wildman–Crippen LogP) is 2.85. The van der Waals surface area contributed by atoms with Crippen LogP contribution >= 0.6 is 0 Å². The third-order valence-corrected chi connectivity index (χ3v) is 4.38. The molecule has 1 aromatic carbocycles. The topological polar surface area (TPSA) is 88.8 Å². The Morgan fingerprint density at radius 3 is 2.69 bits per heavy atom. The van der Waals surface area contributed by atoms with E-state index in [-0.39, 0.29) is 12.3 Å². The Balaban J connectivity index is 1.93. The van der Waals surface area contributed by atoms with Crippen LogP contribution in [0.4, 0.5) is 4.79 Å². The summed E-state index contributed by atoms with van der Waals surface area (Å²) in [6, 6.07) is 7.77. The van der Waals surface area contributed by atoms with Crippen LogP contribution in [0, 0.1) is 0 Å². The zero-order valence-electron chi connectivity index (χ0n) is 14.9. The lowest BCUT2D eigenvalue weighted by Gasteiger charge is -2.20. The summed E-state index contributed by atoms with van der Waals surface area (Å²) in [6.45, 7) is 5.32. The Kier molecular flexibility index (Phi) is 4.54. The van der Waals surface area contributed by atoms with E-state index in [9.17, 15) is 14.4 Å². The highest BCUT2D eigenvalue weighted by Gasteiger charge is 2.51. The highest BCUT2D eigenvalue weighted by atomic mass is 16.5. The maximum absolute atomic E-state index is 12.9. The highest BCUT2D eigenvalue weighted by molar-refractivity contribution is 6.06. The number of nitrogens with one attached hydrogen (secondary N) is 1. The average Bonchev–Trinajstić information content (AvgIpc) is 3.21. The third kappa shape index (κ3) is 2.96. The summed E-state index contributed by atoms with van der Waals surface area (Å²) >= 11 is 0. The van der Waals surface area contributed by atoms with Crippen LogP contribution < -0.4 is 10.1 Å². The minimum atomic E-state index is -1.26. The zero-order valence-corrected chi connectivity index (χ0v) is 14.9. The molecule has 7 heteroatoms. The number of amides is 3. The molecule has 1 aliphatic rings. The number of imide groups is 1. The summed E-state index contributed by atoms with van der Waals surface area (Å²) in [5, 5.41) is 2.68. The molecule has 0 radical (unpaired) electrons. The molecular weight excluding hydrogens is 336 g/mol. The summed E-state index contributed by atoms with van der Waals surface area (Å²) in [5.74, 6) is 0.366. The van der Waals surface area contributed by atoms with Crippen LogP contribution in [0.1, 0.15) is 42.5 Å². The van der Waals surface area contributed by atoms with E-state index in [0.29, 0.717) is 29.2 Å². The number of nitrogens with zero attached hydrogens (tertiary/aromatic N) is 1. The number of furan rings is 1. The normalized spacial score (nSPS) is 19.6. The molecule has 136 valence electrons. The molecule has 0 bridgehead atoms. The van der Waals surface area contributed by atoms with Crippen molar-refractivity contribution in [2.45, 2.75) is 32.9 Å². The Bertz CT molecular complexity index is 859. The van der Waals surface area contributed by atoms with Gasteiger partial charge in [0, 0.05) is 11.1 Å². The quantitative estimate of drug-likeness (QED) is 0.635. The number of urea groups is 1. The molecule has 7 nitrogen and oxygen atoms in total. The molecule has 1 fully saturated rings. The number of ketones is 1. The fourth-order valence-electron chi connectivity index (χ4n) is 2.96. The molecule has 3 amide bonds. The van der Waals surface area contributed by atoms with Gasteiger partial charge in [-0.2, -0.15) is 0 Å². The number of carbonyl (C=O) groups is 3. The van der Waals surface area contributed by atoms with E-state index in [1.807, 2.05) is 6.92 Å². The molecule has 0 unspecified atom stereocenters. The van der Waals surface area contributed by atoms with Gasteiger partial charge >= 0.3 is 6.03 Å². The van der Waals surface area contributed by atoms with E-state index in [2.05, 4.69) is 5.32 Å². The second-order valence-electron chi connectivity index (χ2n) is 6.24. The van der Waals surface area contributed by atoms with Crippen molar-refractivity contribution >= 4 is 17.7 Å². The number of hydrogen-bond donors (Lipinski definition) is 1. The van der Waals surface area contributed by atoms with Crippen molar-refractivity contribution in [3.63, 3.8) is 0 Å². The van der Waals surface area contributed by atoms with Gasteiger partial charge in [0.25, 0.3) is 5.91 Å². The molecule has 1 aromatic heterocycles. The van der Waals surface area contributed by atoms with Crippen LogP contribution in [0.15, 0.2) is 41.0 Å². The summed E-state index contributed by atoms with van der Waals surface area (Å²) < 4.78 is 10.9. The van der Waals surface area contributed by atoms with Crippen LogP contribution in [0.2, 0.25) is 0 Å². The molecule has 2 heterocycles. The van der Waals surface area contributed by atoms with Crippen LogP contribution in [-0.4, -0.2) is 29.2 Å². The lowest BCUT2D eigenvalue weighted by molar-refractivity contribution is -0.132. The van der Waals surface area contributed by atoms with Crippen molar-refractivity contribution in [1.29, 1.82) is 0 Å². The van der Waals surface area contributed by atoms with Gasteiger partial charge < -0.3 is 14.5 Å². The van der Waals surface area contributed by atoms with Gasteiger partial charge in [-0.1, -0.05) is 0 Å². The van der Waals surface area contributed by atoms with Gasteiger partial charge in [0.1, 0.15) is 11.5 Å². The molecule has 0 saturated carbocycles. The number of Topliss-reactive ketones (excluding diaryl/α,β-unsaturated/α-hetero) is 1. The molecule has 26 heavy (non-hydrogen) atoms. The first-order valence-electron chi connectivity index (χ1n) is 8.31. The van der Waals surface area contributed by atoms with Crippen molar-refractivity contribution in [2.24, 2.45) is 0 Å². The van der Waals surface area contributed by atoms with Crippen molar-refractivity contribution < 1.29 is 23.5 Å². The average molecular weight is 356 g/mol. The predicted molar refractivity (Wildman–Crippen MR) is 92.8 cm³/mol. The molecule has 1 saturated heterocycles. The molecule has 1 atom stereocenters. The van der Waals surface area contributed by atoms with Crippen molar-refractivity contribution in [2.75, 3.05) is 6.61 Å². The Morgan fingerprint density at radius 2 is 2.08 bits per heavy atom. The fraction of sp³-hybridized carbons (Fsp3) is 0.316. The Morgan fingerprint density at radius 1 is 1.31 bits per heavy atom. The second kappa shape index (κ2) is 6.67. The summed E-state index contributed by atoms with van der Waals surface area (Å²) in [5.41, 5.74) is -0.180. The maximum atomic E-state index is 12.9. The highest BCUT2D eigenvalue weighted by Crippen LogP contribution is 2.31. The Labute approximate surface area is 150 Å². The van der Waals surface area contributed by atoms with E-state index in [4.69, 9.17) is 9.15 Å². The molecule has 1 aliphatic heterocycles. The monoisotopic (exact) mass is 356 g/mol. The first-order valence-corrected chi connectivity index (χ1v) is 8.31. The Hall–Kier alpha value is -3.09. The summed E-state index contributed by atoms with van der Waals surface area (Å²) in [7, 11) is 0. The van der Waals surface area contributed by atoms with Crippen molar-refractivity contribution in [3.8, 4) is 5.75 Å². The number of benzene rings is 1. The second-order valence-corrected chi connectivity index (χ2v) is 6.24. The minimum absolute atomic E-state index is 0.00256. The third-order valence-electron chi connectivity index (χ3n) is 4.38. The number of carbonyl (C=O) groups excluding carboxylic acids is 3. The van der Waals surface area contributed by atoms with Gasteiger partial charge in [-0.3, -0.25) is 14.5 Å². The molecule has 3 rings (SSSR count). The standard InChI is InChI=1S/C19H20N2O5/c1-4-25-15-8-7-13(12(2)22)10-14(15)11-21-17(23)19(3,20-18(21)24)16-6-5-9-26-16/h5-10H,4,11H2,1-3H3,(H,20,24)/t19-/m0/s1. The van der Waals surface area contributed by atoms with E-state index in [0.717, 1.165) is 4.90 Å². The van der Waals surface area contributed by atoms with Crippen molar-refractivity contribution in [3.05, 3.63) is 53.5 Å². The molecular formula is C19H20N2O5. The number of ether oxygens (including phenoxy) is 1. The smallest absolute Gasteiger partial charge is 0.325 e. The molecule has 2 aromatic rings. The molecule has 1 N–H and O–H groups in total. The minimum Gasteiger partial charge on any atom is -0.494 e. The van der Waals surface area contributed by atoms with E-state index in [1.165, 1.54) is 13.2 Å². The largest absolute Gasteiger partial charge is 0.494 e. The lowest BCUT2D eigenvalue weighted by Crippen LogP contribution is -2.40. The van der Waals surface area contributed by atoms with Gasteiger partial charge in [0.2, 0.25) is 0 Å². The van der Waals surface area contributed by atoms with E-state index in [1.54, 1.807) is 37.3 Å². The van der Waals surface area contributed by atoms with Gasteiger partial charge in [-0.25, -0.2) is 4.79 Å². The lowest BCUT2D eigenvalue weighted by atomic mass is 9.99. The number of rotatable bonds is 6. The van der Waals surface area contributed by atoms with Gasteiger partial charge in [0.05, 0.1) is 19.4 Å². The van der Waals surface area contributed by atoms with Gasteiger partial charge in [-0.05, 0) is 51.1 Å². The first kappa shape index (κ1) is 17.7. The summed E-state index contributed by atoms with van der Waals surface area (Å²) in [6.07, 6.45) is 1.45. The van der Waals surface area contributed by atoms with Gasteiger partial charge in [-0.15, -0.1) is 0 Å². The van der Waals surface area contributed by atoms with Gasteiger partial charge in [0.15, 0.2) is 11.3 Å². The fourth-order valence-corrected chi connectivity index (χ4v) is 2.96. The van der Waals surface area contributed by atoms with Crippen LogP contribution in [0.5, 0.6) is 5.75 Å². The summed E-state index contributed by atoms with van der Waals surface area (Å²) in [4.78, 5) is 38.1.